The van der Waals surface area contributed by atoms with Gasteiger partial charge in [0.2, 0.25) is 5.13 Å². The van der Waals surface area contributed by atoms with Crippen molar-refractivity contribution in [2.24, 2.45) is 0 Å². The molecule has 1 aromatic carbocycles. The van der Waals surface area contributed by atoms with Gasteiger partial charge in [-0.3, -0.25) is 10.1 Å². The molecular weight excluding hydrogens is 408 g/mol. The number of nitrogens with zero attached hydrogens (tertiary/aromatic N) is 2. The van der Waals surface area contributed by atoms with Crippen LogP contribution < -0.4 is 5.32 Å². The summed E-state index contributed by atoms with van der Waals surface area (Å²) in [5.74, 6) is -0.898. The van der Waals surface area contributed by atoms with Crippen LogP contribution in [0.2, 0.25) is 0 Å². The van der Waals surface area contributed by atoms with Gasteiger partial charge in [-0.1, -0.05) is 30.6 Å². The third kappa shape index (κ3) is 4.81. The summed E-state index contributed by atoms with van der Waals surface area (Å²) in [7, 11) is 0. The smallest absolute Gasteiger partial charge is 0.296 e. The third-order valence-electron chi connectivity index (χ3n) is 4.47. The van der Waals surface area contributed by atoms with Crippen LogP contribution in [0, 0.1) is 0 Å². The Kier molecular flexibility index (Phi) is 5.64. The van der Waals surface area contributed by atoms with E-state index in [1.54, 1.807) is 0 Å². The first-order valence-corrected chi connectivity index (χ1v) is 9.30. The molecule has 1 aliphatic carbocycles. The van der Waals surface area contributed by atoms with Gasteiger partial charge >= 0.3 is 12.4 Å². The number of aromatic nitrogens is 2. The van der Waals surface area contributed by atoms with Crippen LogP contribution in [0.15, 0.2) is 18.2 Å². The van der Waals surface area contributed by atoms with Crippen LogP contribution in [0.25, 0.3) is 0 Å². The summed E-state index contributed by atoms with van der Waals surface area (Å²) in [5, 5.41) is 10.8. The Balaban J connectivity index is 1.83. The molecule has 3 rings (SSSR count). The Hall–Kier alpha value is -2.17. The van der Waals surface area contributed by atoms with E-state index in [-0.39, 0.29) is 17.1 Å². The highest BCUT2D eigenvalue weighted by atomic mass is 32.1. The molecule has 0 spiro atoms. The van der Waals surface area contributed by atoms with Crippen LogP contribution in [-0.4, -0.2) is 16.1 Å². The maximum absolute atomic E-state index is 12.9. The molecule has 0 aliphatic heterocycles. The summed E-state index contributed by atoms with van der Waals surface area (Å²) in [5.41, 5.74) is -3.85. The second-order valence-corrected chi connectivity index (χ2v) is 7.54. The summed E-state index contributed by atoms with van der Waals surface area (Å²) in [4.78, 5) is 12.3. The quantitative estimate of drug-likeness (QED) is 0.628. The molecule has 0 bridgehead atoms. The van der Waals surface area contributed by atoms with Crippen molar-refractivity contribution in [1.29, 1.82) is 0 Å². The molecule has 1 aromatic heterocycles. The lowest BCUT2D eigenvalue weighted by molar-refractivity contribution is -0.143. The number of carbonyl (C=O) groups is 1. The van der Waals surface area contributed by atoms with Crippen LogP contribution in [0.3, 0.4) is 0 Å². The van der Waals surface area contributed by atoms with Crippen molar-refractivity contribution >= 4 is 22.4 Å². The van der Waals surface area contributed by atoms with Crippen LogP contribution in [0.1, 0.15) is 64.5 Å². The van der Waals surface area contributed by atoms with E-state index in [4.69, 9.17) is 0 Å². The van der Waals surface area contributed by atoms with Crippen molar-refractivity contribution in [2.45, 2.75) is 50.4 Å². The molecule has 1 aliphatic rings. The fraction of sp³-hybridized carbons (Fsp3) is 0.471. The van der Waals surface area contributed by atoms with Crippen molar-refractivity contribution in [1.82, 2.24) is 10.2 Å². The van der Waals surface area contributed by atoms with Gasteiger partial charge in [-0.2, -0.15) is 26.3 Å². The maximum atomic E-state index is 12.9. The zero-order valence-corrected chi connectivity index (χ0v) is 15.1. The molecular formula is C17H15F6N3OS. The first kappa shape index (κ1) is 20.6. The van der Waals surface area contributed by atoms with E-state index in [0.29, 0.717) is 17.1 Å². The lowest BCUT2D eigenvalue weighted by Gasteiger charge is -2.18. The summed E-state index contributed by atoms with van der Waals surface area (Å²) < 4.78 is 77.5. The summed E-state index contributed by atoms with van der Waals surface area (Å²) in [6.45, 7) is 0. The van der Waals surface area contributed by atoms with E-state index in [0.717, 1.165) is 43.4 Å². The first-order valence-electron chi connectivity index (χ1n) is 8.48. The number of anilines is 1. The second kappa shape index (κ2) is 7.69. The molecule has 2 aromatic rings. The number of alkyl halides is 6. The van der Waals surface area contributed by atoms with Crippen molar-refractivity contribution in [3.63, 3.8) is 0 Å². The van der Waals surface area contributed by atoms with Crippen molar-refractivity contribution in [2.75, 3.05) is 5.32 Å². The minimum absolute atomic E-state index is 0.0249. The summed E-state index contributed by atoms with van der Waals surface area (Å²) >= 11 is 1.08. The van der Waals surface area contributed by atoms with Crippen LogP contribution in [0.5, 0.6) is 0 Å². The maximum Gasteiger partial charge on any atom is 0.416 e. The highest BCUT2D eigenvalue weighted by Crippen LogP contribution is 2.37. The highest BCUT2D eigenvalue weighted by Gasteiger charge is 2.37. The van der Waals surface area contributed by atoms with Gasteiger partial charge in [-0.05, 0) is 31.0 Å². The van der Waals surface area contributed by atoms with E-state index in [1.807, 2.05) is 0 Å². The molecule has 28 heavy (non-hydrogen) atoms. The van der Waals surface area contributed by atoms with Gasteiger partial charge in [0.05, 0.1) is 11.1 Å². The van der Waals surface area contributed by atoms with Gasteiger partial charge < -0.3 is 0 Å². The fourth-order valence-corrected chi connectivity index (χ4v) is 3.96. The van der Waals surface area contributed by atoms with Crippen molar-refractivity contribution < 1.29 is 31.1 Å². The molecule has 1 N–H and O–H groups in total. The Morgan fingerprint density at radius 3 is 2.04 bits per heavy atom. The predicted molar refractivity (Wildman–Crippen MR) is 90.1 cm³/mol. The number of rotatable bonds is 3. The Labute approximate surface area is 160 Å². The molecule has 1 heterocycles. The fourth-order valence-electron chi connectivity index (χ4n) is 3.05. The Morgan fingerprint density at radius 2 is 1.50 bits per heavy atom. The monoisotopic (exact) mass is 423 g/mol. The van der Waals surface area contributed by atoms with E-state index in [9.17, 15) is 31.1 Å². The Morgan fingerprint density at radius 1 is 0.929 bits per heavy atom. The number of hydrogen-bond donors (Lipinski definition) is 1. The van der Waals surface area contributed by atoms with Crippen LogP contribution in [0.4, 0.5) is 31.5 Å². The largest absolute Gasteiger partial charge is 0.416 e. The van der Waals surface area contributed by atoms with E-state index < -0.39 is 35.0 Å². The molecule has 0 saturated heterocycles. The predicted octanol–water partition coefficient (Wildman–Crippen LogP) is 5.88. The zero-order chi connectivity index (χ0) is 20.5. The van der Waals surface area contributed by atoms with Gasteiger partial charge in [-0.15, -0.1) is 10.2 Å². The average molecular weight is 423 g/mol. The minimum Gasteiger partial charge on any atom is -0.296 e. The van der Waals surface area contributed by atoms with Gasteiger partial charge in [0, 0.05) is 11.5 Å². The zero-order valence-electron chi connectivity index (χ0n) is 14.3. The normalized spacial score (nSPS) is 16.2. The van der Waals surface area contributed by atoms with Gasteiger partial charge in [-0.25, -0.2) is 0 Å². The number of benzene rings is 1. The molecule has 0 unspecified atom stereocenters. The van der Waals surface area contributed by atoms with Gasteiger partial charge in [0.15, 0.2) is 0 Å². The van der Waals surface area contributed by atoms with Gasteiger partial charge in [0.25, 0.3) is 5.91 Å². The molecule has 0 atom stereocenters. The average Bonchev–Trinajstić information content (AvgIpc) is 3.09. The molecule has 1 amide bonds. The van der Waals surface area contributed by atoms with E-state index in [1.165, 1.54) is 0 Å². The summed E-state index contributed by atoms with van der Waals surface area (Å²) in [6, 6.07) is 0.740. The molecule has 4 nitrogen and oxygen atoms in total. The van der Waals surface area contributed by atoms with Crippen LogP contribution in [-0.2, 0) is 12.4 Å². The SMILES string of the molecule is O=C(Nc1nnc(C2CCCCC2)s1)c1cc(C(F)(F)F)cc(C(F)(F)F)c1. The van der Waals surface area contributed by atoms with Crippen molar-refractivity contribution in [3.8, 4) is 0 Å². The highest BCUT2D eigenvalue weighted by molar-refractivity contribution is 7.15. The summed E-state index contributed by atoms with van der Waals surface area (Å²) in [6.07, 6.45) is -4.93. The lowest BCUT2D eigenvalue weighted by atomic mass is 9.90. The van der Waals surface area contributed by atoms with Crippen LogP contribution >= 0.6 is 11.3 Å². The molecule has 1 saturated carbocycles. The topological polar surface area (TPSA) is 54.9 Å². The number of halogens is 6. The number of hydrogen-bond acceptors (Lipinski definition) is 4. The van der Waals surface area contributed by atoms with E-state index >= 15 is 0 Å². The Bertz CT molecular complexity index is 823. The standard InChI is InChI=1S/C17H15F6N3OS/c18-16(19,20)11-6-10(7-12(8-11)17(21,22)23)13(27)24-15-26-25-14(28-15)9-4-2-1-3-5-9/h6-9H,1-5H2,(H,24,26,27). The van der Waals surface area contributed by atoms with Crippen molar-refractivity contribution in [3.05, 3.63) is 39.9 Å². The molecule has 152 valence electrons. The molecule has 11 heteroatoms. The molecule has 1 fully saturated rings. The second-order valence-electron chi connectivity index (χ2n) is 6.53. The third-order valence-corrected chi connectivity index (χ3v) is 5.47. The molecule has 0 radical (unpaired) electrons. The minimum atomic E-state index is -5.02. The van der Waals surface area contributed by atoms with E-state index in [2.05, 4.69) is 15.5 Å². The van der Waals surface area contributed by atoms with Gasteiger partial charge in [0.1, 0.15) is 5.01 Å². The first-order chi connectivity index (χ1) is 13.0. The number of amides is 1. The number of nitrogens with one attached hydrogen (secondary N) is 1. The number of carbonyl (C=O) groups excluding carboxylic acids is 1. The lowest BCUT2D eigenvalue weighted by Crippen LogP contribution is -2.17.